The lowest BCUT2D eigenvalue weighted by atomic mass is 10.2. The van der Waals surface area contributed by atoms with Gasteiger partial charge in [-0.25, -0.2) is 8.42 Å². The van der Waals surface area contributed by atoms with Crippen LogP contribution in [0.2, 0.25) is 0 Å². The van der Waals surface area contributed by atoms with Crippen LogP contribution in [0.1, 0.15) is 12.5 Å². The molecule has 0 bridgehead atoms. The Balaban J connectivity index is 2.18. The molecule has 0 aromatic heterocycles. The highest BCUT2D eigenvalue weighted by atomic mass is 32.2. The Labute approximate surface area is 130 Å². The van der Waals surface area contributed by atoms with Gasteiger partial charge in [-0.15, -0.1) is 0 Å². The summed E-state index contributed by atoms with van der Waals surface area (Å²) in [6.45, 7) is 3.85. The maximum atomic E-state index is 11.5. The van der Waals surface area contributed by atoms with Crippen molar-refractivity contribution in [1.82, 2.24) is 5.32 Å². The molecule has 21 heavy (non-hydrogen) atoms. The van der Waals surface area contributed by atoms with E-state index in [2.05, 4.69) is 24.4 Å². The molecule has 0 fully saturated rings. The predicted molar refractivity (Wildman–Crippen MR) is 87.5 cm³/mol. The van der Waals surface area contributed by atoms with E-state index in [-0.39, 0.29) is 0 Å². The van der Waals surface area contributed by atoms with E-state index in [1.807, 2.05) is 24.3 Å². The summed E-state index contributed by atoms with van der Waals surface area (Å²) >= 11 is 1.65. The predicted octanol–water partition coefficient (Wildman–Crippen LogP) is 3.35. The number of rotatable bonds is 6. The molecule has 0 radical (unpaired) electrons. The minimum absolute atomic E-state index is 0.354. The fraction of sp³-hybridized carbons (Fsp3) is 0.250. The van der Waals surface area contributed by atoms with Crippen molar-refractivity contribution in [2.75, 3.05) is 12.8 Å². The van der Waals surface area contributed by atoms with Gasteiger partial charge in [-0.1, -0.05) is 36.9 Å². The van der Waals surface area contributed by atoms with Gasteiger partial charge < -0.3 is 5.32 Å². The van der Waals surface area contributed by atoms with Crippen LogP contribution in [0.25, 0.3) is 0 Å². The Morgan fingerprint density at radius 2 is 1.71 bits per heavy atom. The first-order valence-corrected chi connectivity index (χ1v) is 9.48. The first-order valence-electron chi connectivity index (χ1n) is 6.77. The van der Waals surface area contributed by atoms with Crippen LogP contribution >= 0.6 is 11.8 Å². The Morgan fingerprint density at radius 3 is 2.33 bits per heavy atom. The number of hydrogen-bond donors (Lipinski definition) is 1. The van der Waals surface area contributed by atoms with Crippen molar-refractivity contribution < 1.29 is 8.42 Å². The van der Waals surface area contributed by atoms with Crippen molar-refractivity contribution in [2.24, 2.45) is 0 Å². The summed E-state index contributed by atoms with van der Waals surface area (Å²) in [4.78, 5) is 2.57. The van der Waals surface area contributed by atoms with E-state index in [1.165, 1.54) is 16.7 Å². The SMILES string of the molecule is CCNCc1ccccc1Sc1ccc(S(C)(=O)=O)cc1. The average Bonchev–Trinajstić information content (AvgIpc) is 2.46. The number of benzene rings is 2. The maximum absolute atomic E-state index is 11.5. The molecule has 0 aliphatic heterocycles. The van der Waals surface area contributed by atoms with Crippen LogP contribution in [-0.4, -0.2) is 21.2 Å². The molecule has 2 aromatic carbocycles. The van der Waals surface area contributed by atoms with Crippen LogP contribution in [-0.2, 0) is 16.4 Å². The standard InChI is InChI=1S/C16H19NO2S2/c1-3-17-12-13-6-4-5-7-16(13)20-14-8-10-15(11-9-14)21(2,18)19/h4-11,17H,3,12H2,1-2H3. The van der Waals surface area contributed by atoms with Crippen LogP contribution < -0.4 is 5.32 Å². The molecule has 0 spiro atoms. The Morgan fingerprint density at radius 1 is 1.05 bits per heavy atom. The molecule has 0 saturated heterocycles. The van der Waals surface area contributed by atoms with Crippen molar-refractivity contribution in [2.45, 2.75) is 28.2 Å². The smallest absolute Gasteiger partial charge is 0.175 e. The van der Waals surface area contributed by atoms with Crippen molar-refractivity contribution in [3.05, 3.63) is 54.1 Å². The molecule has 0 amide bonds. The lowest BCUT2D eigenvalue weighted by molar-refractivity contribution is 0.602. The second-order valence-electron chi connectivity index (χ2n) is 4.73. The zero-order valence-corrected chi connectivity index (χ0v) is 13.8. The van der Waals surface area contributed by atoms with E-state index in [0.29, 0.717) is 4.90 Å². The summed E-state index contributed by atoms with van der Waals surface area (Å²) < 4.78 is 22.9. The highest BCUT2D eigenvalue weighted by Gasteiger charge is 2.08. The topological polar surface area (TPSA) is 46.2 Å². The van der Waals surface area contributed by atoms with E-state index in [4.69, 9.17) is 0 Å². The quantitative estimate of drug-likeness (QED) is 0.886. The van der Waals surface area contributed by atoms with Crippen LogP contribution in [0, 0.1) is 0 Å². The Bertz CT molecular complexity index is 694. The van der Waals surface area contributed by atoms with Crippen molar-refractivity contribution in [1.29, 1.82) is 0 Å². The van der Waals surface area contributed by atoms with Crippen molar-refractivity contribution in [3.63, 3.8) is 0 Å². The highest BCUT2D eigenvalue weighted by molar-refractivity contribution is 7.99. The zero-order chi connectivity index (χ0) is 15.3. The third-order valence-electron chi connectivity index (χ3n) is 3.02. The Hall–Kier alpha value is -1.30. The molecule has 2 rings (SSSR count). The fourth-order valence-electron chi connectivity index (χ4n) is 1.89. The monoisotopic (exact) mass is 321 g/mol. The minimum Gasteiger partial charge on any atom is -0.313 e. The van der Waals surface area contributed by atoms with Crippen LogP contribution in [0.3, 0.4) is 0 Å². The van der Waals surface area contributed by atoms with E-state index >= 15 is 0 Å². The lowest BCUT2D eigenvalue weighted by Gasteiger charge is -2.09. The third-order valence-corrected chi connectivity index (χ3v) is 5.27. The first-order chi connectivity index (χ1) is 10.0. The molecule has 3 nitrogen and oxygen atoms in total. The van der Waals surface area contributed by atoms with Crippen molar-refractivity contribution >= 4 is 21.6 Å². The molecular weight excluding hydrogens is 302 g/mol. The molecule has 0 aliphatic carbocycles. The molecule has 5 heteroatoms. The summed E-state index contributed by atoms with van der Waals surface area (Å²) in [5.41, 5.74) is 1.25. The molecule has 112 valence electrons. The molecule has 0 aliphatic rings. The van der Waals surface area contributed by atoms with Gasteiger partial charge in [-0.3, -0.25) is 0 Å². The Kier molecular flexibility index (Phi) is 5.45. The van der Waals surface area contributed by atoms with Gasteiger partial charge in [0.1, 0.15) is 0 Å². The molecule has 0 saturated carbocycles. The van der Waals surface area contributed by atoms with E-state index in [1.54, 1.807) is 23.9 Å². The van der Waals surface area contributed by atoms with Crippen LogP contribution in [0.15, 0.2) is 63.2 Å². The summed E-state index contributed by atoms with van der Waals surface area (Å²) in [6, 6.07) is 15.3. The van der Waals surface area contributed by atoms with Gasteiger partial charge in [-0.2, -0.15) is 0 Å². The van der Waals surface area contributed by atoms with Crippen LogP contribution in [0.4, 0.5) is 0 Å². The van der Waals surface area contributed by atoms with Gasteiger partial charge in [0.25, 0.3) is 0 Å². The maximum Gasteiger partial charge on any atom is 0.175 e. The van der Waals surface area contributed by atoms with Gasteiger partial charge in [0.2, 0.25) is 0 Å². The normalized spacial score (nSPS) is 11.5. The molecule has 1 N–H and O–H groups in total. The van der Waals surface area contributed by atoms with E-state index < -0.39 is 9.84 Å². The van der Waals surface area contributed by atoms with Gasteiger partial charge in [-0.05, 0) is 42.4 Å². The number of nitrogens with one attached hydrogen (secondary N) is 1. The summed E-state index contributed by atoms with van der Waals surface area (Å²) in [5, 5.41) is 3.33. The lowest BCUT2D eigenvalue weighted by Crippen LogP contribution is -2.12. The van der Waals surface area contributed by atoms with Gasteiger partial charge >= 0.3 is 0 Å². The molecule has 0 heterocycles. The summed E-state index contributed by atoms with van der Waals surface area (Å²) in [6.07, 6.45) is 1.22. The molecule has 2 aromatic rings. The van der Waals surface area contributed by atoms with Gasteiger partial charge in [0, 0.05) is 22.6 Å². The number of hydrogen-bond acceptors (Lipinski definition) is 4. The van der Waals surface area contributed by atoms with Gasteiger partial charge in [0.05, 0.1) is 4.90 Å². The van der Waals surface area contributed by atoms with E-state index in [9.17, 15) is 8.42 Å². The molecule has 0 atom stereocenters. The average molecular weight is 321 g/mol. The molecular formula is C16H19NO2S2. The zero-order valence-electron chi connectivity index (χ0n) is 12.2. The number of sulfone groups is 1. The third kappa shape index (κ3) is 4.59. The second-order valence-corrected chi connectivity index (χ2v) is 7.86. The fourth-order valence-corrected chi connectivity index (χ4v) is 3.47. The van der Waals surface area contributed by atoms with Crippen molar-refractivity contribution in [3.8, 4) is 0 Å². The van der Waals surface area contributed by atoms with Gasteiger partial charge in [0.15, 0.2) is 9.84 Å². The summed E-state index contributed by atoms with van der Waals surface area (Å²) in [5.74, 6) is 0. The molecule has 0 unspecified atom stereocenters. The largest absolute Gasteiger partial charge is 0.313 e. The van der Waals surface area contributed by atoms with Crippen LogP contribution in [0.5, 0.6) is 0 Å². The summed E-state index contributed by atoms with van der Waals surface area (Å²) in [7, 11) is -3.13. The first kappa shape index (κ1) is 16.1. The minimum atomic E-state index is -3.13. The van der Waals surface area contributed by atoms with E-state index in [0.717, 1.165) is 18.0 Å². The highest BCUT2D eigenvalue weighted by Crippen LogP contribution is 2.31. The second kappa shape index (κ2) is 7.11.